The number of hydrogen-bond donors (Lipinski definition) is 2. The summed E-state index contributed by atoms with van der Waals surface area (Å²) in [5.74, 6) is -1.59. The number of rotatable bonds is 6. The highest BCUT2D eigenvalue weighted by Gasteiger charge is 2.38. The van der Waals surface area contributed by atoms with E-state index in [1.165, 1.54) is 12.1 Å². The van der Waals surface area contributed by atoms with Gasteiger partial charge in [-0.05, 0) is 67.5 Å². The minimum Gasteiger partial charge on any atom is -0.382 e. The summed E-state index contributed by atoms with van der Waals surface area (Å²) in [5.41, 5.74) is 5.59. The number of hydrogen-bond acceptors (Lipinski definition) is 6. The number of carbonyl (C=O) groups excluding carboxylic acids is 2. The van der Waals surface area contributed by atoms with Crippen molar-refractivity contribution in [3.05, 3.63) is 71.2 Å². The lowest BCUT2D eigenvalue weighted by atomic mass is 9.97. The van der Waals surface area contributed by atoms with E-state index in [-0.39, 0.29) is 52.9 Å². The van der Waals surface area contributed by atoms with Crippen LogP contribution in [-0.4, -0.2) is 49.2 Å². The van der Waals surface area contributed by atoms with Crippen LogP contribution in [0.15, 0.2) is 42.7 Å². The van der Waals surface area contributed by atoms with E-state index in [0.29, 0.717) is 37.3 Å². The lowest BCUT2D eigenvalue weighted by Gasteiger charge is -2.32. The van der Waals surface area contributed by atoms with Crippen molar-refractivity contribution in [2.75, 3.05) is 24.1 Å². The Morgan fingerprint density at radius 2 is 1.88 bits per heavy atom. The number of carbonyl (C=O) groups is 2. The zero-order chi connectivity index (χ0) is 30.5. The SMILES string of the molecule is CCC(=O)N1CCCC(c2nc(-c3ccc(C(=O)Nc4cc(C5CC5)ccn4)cc3F)c3c(N)ncc(C(F)(F)F)n23)C1. The number of nitrogens with zero attached hydrogens (tertiary/aromatic N) is 5. The van der Waals surface area contributed by atoms with Gasteiger partial charge in [0.2, 0.25) is 5.91 Å². The molecule has 4 heterocycles. The molecule has 0 spiro atoms. The number of aromatic nitrogens is 4. The van der Waals surface area contributed by atoms with Crippen LogP contribution in [0.3, 0.4) is 0 Å². The molecule has 224 valence electrons. The van der Waals surface area contributed by atoms with E-state index in [1.54, 1.807) is 24.1 Å². The molecular weight excluding hydrogens is 566 g/mol. The average molecular weight is 596 g/mol. The van der Waals surface area contributed by atoms with Crippen LogP contribution in [-0.2, 0) is 11.0 Å². The predicted molar refractivity (Wildman–Crippen MR) is 151 cm³/mol. The van der Waals surface area contributed by atoms with Crippen molar-refractivity contribution < 1.29 is 27.2 Å². The summed E-state index contributed by atoms with van der Waals surface area (Å²) < 4.78 is 59.2. The van der Waals surface area contributed by atoms with Crippen molar-refractivity contribution in [3.8, 4) is 11.3 Å². The number of imidazole rings is 1. The standard InChI is InChI=1S/C30H29F4N7O2/c1-2-24(42)40-11-3-4-19(15-40)28-39-25(26-27(35)37-14-22(41(26)28)30(32,33)34)20-8-7-18(12-21(20)31)29(43)38-23-13-17(9-10-36-23)16-5-6-16/h7-10,12-14,16,19H,2-6,11,15H2,1H3,(H2,35,37)(H,36,38,43). The highest BCUT2D eigenvalue weighted by Crippen LogP contribution is 2.41. The first-order valence-corrected chi connectivity index (χ1v) is 14.1. The van der Waals surface area contributed by atoms with E-state index in [1.807, 2.05) is 6.07 Å². The summed E-state index contributed by atoms with van der Waals surface area (Å²) in [4.78, 5) is 39.4. The molecule has 43 heavy (non-hydrogen) atoms. The number of anilines is 2. The summed E-state index contributed by atoms with van der Waals surface area (Å²) in [6.45, 7) is 2.38. The second-order valence-corrected chi connectivity index (χ2v) is 11.0. The van der Waals surface area contributed by atoms with Gasteiger partial charge in [0.25, 0.3) is 5.91 Å². The van der Waals surface area contributed by atoms with Gasteiger partial charge in [-0.3, -0.25) is 14.0 Å². The number of alkyl halides is 3. The lowest BCUT2D eigenvalue weighted by molar-refractivity contribution is -0.142. The Morgan fingerprint density at radius 1 is 1.09 bits per heavy atom. The summed E-state index contributed by atoms with van der Waals surface area (Å²) in [6.07, 6.45) is 0.881. The van der Waals surface area contributed by atoms with E-state index in [4.69, 9.17) is 5.73 Å². The Morgan fingerprint density at radius 3 is 2.58 bits per heavy atom. The number of nitrogens with one attached hydrogen (secondary N) is 1. The molecule has 4 aromatic rings. The third-order valence-corrected chi connectivity index (χ3v) is 8.01. The largest absolute Gasteiger partial charge is 0.433 e. The number of halogens is 4. The van der Waals surface area contributed by atoms with Gasteiger partial charge >= 0.3 is 6.18 Å². The number of likely N-dealkylation sites (tertiary alicyclic amines) is 1. The van der Waals surface area contributed by atoms with E-state index >= 15 is 4.39 Å². The van der Waals surface area contributed by atoms with Crippen molar-refractivity contribution in [1.29, 1.82) is 0 Å². The molecule has 1 saturated heterocycles. The predicted octanol–water partition coefficient (Wildman–Crippen LogP) is 5.78. The number of benzene rings is 1. The van der Waals surface area contributed by atoms with Crippen LogP contribution in [0.1, 0.15) is 78.3 Å². The number of fused-ring (bicyclic) bond motifs is 1. The molecule has 0 bridgehead atoms. The quantitative estimate of drug-likeness (QED) is 0.273. The normalized spacial score (nSPS) is 17.3. The molecule has 3 aromatic heterocycles. The first kappa shape index (κ1) is 28.6. The van der Waals surface area contributed by atoms with Crippen LogP contribution in [0.2, 0.25) is 0 Å². The van der Waals surface area contributed by atoms with Gasteiger partial charge in [0.1, 0.15) is 40.2 Å². The van der Waals surface area contributed by atoms with E-state index < -0.39 is 29.5 Å². The molecule has 2 amide bonds. The van der Waals surface area contributed by atoms with Gasteiger partial charge in [0.05, 0.1) is 6.20 Å². The molecule has 3 N–H and O–H groups in total. The van der Waals surface area contributed by atoms with Crippen LogP contribution in [0.5, 0.6) is 0 Å². The Hall–Kier alpha value is -4.55. The third kappa shape index (κ3) is 5.51. The van der Waals surface area contributed by atoms with E-state index in [9.17, 15) is 22.8 Å². The fraction of sp³-hybridized carbons (Fsp3) is 0.367. The van der Waals surface area contributed by atoms with Gasteiger partial charge in [0.15, 0.2) is 0 Å². The van der Waals surface area contributed by atoms with Crippen molar-refractivity contribution in [3.63, 3.8) is 0 Å². The number of amides is 2. The third-order valence-electron chi connectivity index (χ3n) is 8.01. The first-order chi connectivity index (χ1) is 20.5. The maximum Gasteiger partial charge on any atom is 0.433 e. The average Bonchev–Trinajstić information content (AvgIpc) is 3.77. The summed E-state index contributed by atoms with van der Waals surface area (Å²) in [6, 6.07) is 7.33. The summed E-state index contributed by atoms with van der Waals surface area (Å²) in [5, 5.41) is 2.67. The number of pyridine rings is 1. The van der Waals surface area contributed by atoms with E-state index in [2.05, 4.69) is 20.3 Å². The molecule has 2 fully saturated rings. The molecule has 1 aliphatic carbocycles. The Bertz CT molecular complexity index is 1730. The van der Waals surface area contributed by atoms with Crippen molar-refractivity contribution in [1.82, 2.24) is 24.3 Å². The van der Waals surface area contributed by atoms with Crippen LogP contribution >= 0.6 is 0 Å². The molecule has 6 rings (SSSR count). The Kier molecular flexibility index (Phi) is 7.26. The summed E-state index contributed by atoms with van der Waals surface area (Å²) >= 11 is 0. The fourth-order valence-corrected chi connectivity index (χ4v) is 5.69. The van der Waals surface area contributed by atoms with Crippen LogP contribution in [0.25, 0.3) is 16.8 Å². The molecule has 1 aliphatic heterocycles. The van der Waals surface area contributed by atoms with Gasteiger partial charge in [-0.1, -0.05) is 6.92 Å². The maximum absolute atomic E-state index is 15.7. The summed E-state index contributed by atoms with van der Waals surface area (Å²) in [7, 11) is 0. The van der Waals surface area contributed by atoms with Crippen LogP contribution in [0.4, 0.5) is 29.2 Å². The molecule has 1 saturated carbocycles. The van der Waals surface area contributed by atoms with Crippen LogP contribution < -0.4 is 11.1 Å². The molecular formula is C30H29F4N7O2. The van der Waals surface area contributed by atoms with Crippen LogP contribution in [0, 0.1) is 5.82 Å². The van der Waals surface area contributed by atoms with Gasteiger partial charge in [-0.25, -0.2) is 19.3 Å². The molecule has 2 aliphatic rings. The van der Waals surface area contributed by atoms with Gasteiger partial charge in [-0.2, -0.15) is 13.2 Å². The minimum absolute atomic E-state index is 0.00769. The second kappa shape index (κ2) is 10.9. The van der Waals surface area contributed by atoms with Gasteiger partial charge in [-0.15, -0.1) is 0 Å². The zero-order valence-corrected chi connectivity index (χ0v) is 23.3. The topological polar surface area (TPSA) is 119 Å². The van der Waals surface area contributed by atoms with Gasteiger partial charge in [0, 0.05) is 42.8 Å². The minimum atomic E-state index is -4.81. The fourth-order valence-electron chi connectivity index (χ4n) is 5.69. The second-order valence-electron chi connectivity index (χ2n) is 11.0. The molecule has 1 unspecified atom stereocenters. The Labute approximate surface area is 244 Å². The Balaban J connectivity index is 1.40. The highest BCUT2D eigenvalue weighted by molar-refractivity contribution is 6.04. The smallest absolute Gasteiger partial charge is 0.382 e. The maximum atomic E-state index is 15.7. The monoisotopic (exact) mass is 595 g/mol. The first-order valence-electron chi connectivity index (χ1n) is 14.1. The molecule has 13 heteroatoms. The molecule has 0 radical (unpaired) electrons. The molecule has 1 aromatic carbocycles. The van der Waals surface area contributed by atoms with Gasteiger partial charge < -0.3 is 16.0 Å². The number of nitrogen functional groups attached to an aromatic ring is 1. The zero-order valence-electron chi connectivity index (χ0n) is 23.3. The van der Waals surface area contributed by atoms with Crippen molar-refractivity contribution in [2.45, 2.75) is 57.0 Å². The molecule has 9 nitrogen and oxygen atoms in total. The highest BCUT2D eigenvalue weighted by atomic mass is 19.4. The molecule has 1 atom stereocenters. The van der Waals surface area contributed by atoms with Crippen molar-refractivity contribution in [2.24, 2.45) is 0 Å². The number of nitrogens with two attached hydrogens (primary N) is 1. The van der Waals surface area contributed by atoms with E-state index in [0.717, 1.165) is 28.9 Å². The number of piperidine rings is 1. The lowest BCUT2D eigenvalue weighted by Crippen LogP contribution is -2.39. The van der Waals surface area contributed by atoms with Crippen molar-refractivity contribution >= 4 is 29.0 Å².